The van der Waals surface area contributed by atoms with E-state index in [0.29, 0.717) is 24.1 Å². The molecule has 0 aromatic heterocycles. The van der Waals surface area contributed by atoms with E-state index in [-0.39, 0.29) is 11.9 Å². The number of nitrogens with one attached hydrogen (secondary N) is 1. The molecule has 1 aromatic rings. The molecular weight excluding hydrogens is 264 g/mol. The third-order valence-electron chi connectivity index (χ3n) is 2.42. The summed E-state index contributed by atoms with van der Waals surface area (Å²) < 4.78 is 17.9. The van der Waals surface area contributed by atoms with E-state index >= 15 is 0 Å². The number of alkyl halides is 1. The standard InChI is InChI=1S/C12H16Cl2FNO/c1-17-8-11(4-5-13)16-7-9-2-3-10(15)6-12(9)14/h2-3,6,11,16H,4-5,7-8H2,1H3. The molecule has 0 saturated carbocycles. The van der Waals surface area contributed by atoms with Crippen LogP contribution in [0.15, 0.2) is 18.2 Å². The third kappa shape index (κ3) is 5.21. The number of ether oxygens (including phenoxy) is 1. The smallest absolute Gasteiger partial charge is 0.124 e. The van der Waals surface area contributed by atoms with Crippen LogP contribution >= 0.6 is 23.2 Å². The van der Waals surface area contributed by atoms with Crippen molar-refractivity contribution >= 4 is 23.2 Å². The van der Waals surface area contributed by atoms with Gasteiger partial charge in [-0.15, -0.1) is 11.6 Å². The van der Waals surface area contributed by atoms with Crippen LogP contribution in [0.1, 0.15) is 12.0 Å². The van der Waals surface area contributed by atoms with Crippen molar-refractivity contribution in [1.29, 1.82) is 0 Å². The maximum atomic E-state index is 12.8. The second-order valence-corrected chi connectivity index (χ2v) is 4.53. The molecule has 1 aromatic carbocycles. The van der Waals surface area contributed by atoms with Crippen LogP contribution < -0.4 is 5.32 Å². The van der Waals surface area contributed by atoms with Gasteiger partial charge in [0.2, 0.25) is 0 Å². The summed E-state index contributed by atoms with van der Waals surface area (Å²) in [5.74, 6) is 0.242. The van der Waals surface area contributed by atoms with E-state index in [1.54, 1.807) is 13.2 Å². The monoisotopic (exact) mass is 279 g/mol. The number of hydrogen-bond acceptors (Lipinski definition) is 2. The summed E-state index contributed by atoms with van der Waals surface area (Å²) in [6, 6.07) is 4.56. The molecule has 0 fully saturated rings. The lowest BCUT2D eigenvalue weighted by atomic mass is 10.2. The molecule has 0 aliphatic rings. The van der Waals surface area contributed by atoms with Crippen LogP contribution in [0, 0.1) is 5.82 Å². The lowest BCUT2D eigenvalue weighted by Gasteiger charge is -2.17. The summed E-state index contributed by atoms with van der Waals surface area (Å²) in [4.78, 5) is 0. The van der Waals surface area contributed by atoms with E-state index in [1.165, 1.54) is 12.1 Å². The number of benzene rings is 1. The molecule has 0 bridgehead atoms. The van der Waals surface area contributed by atoms with Crippen LogP contribution in [-0.4, -0.2) is 25.6 Å². The highest BCUT2D eigenvalue weighted by Gasteiger charge is 2.08. The second kappa shape index (κ2) is 7.88. The van der Waals surface area contributed by atoms with Crippen LogP contribution in [-0.2, 0) is 11.3 Å². The van der Waals surface area contributed by atoms with Crippen LogP contribution in [0.5, 0.6) is 0 Å². The summed E-state index contributed by atoms with van der Waals surface area (Å²) in [6.45, 7) is 1.16. The maximum Gasteiger partial charge on any atom is 0.124 e. The Morgan fingerprint density at radius 1 is 1.47 bits per heavy atom. The summed E-state index contributed by atoms with van der Waals surface area (Å²) in [7, 11) is 1.65. The highest BCUT2D eigenvalue weighted by molar-refractivity contribution is 6.31. The minimum Gasteiger partial charge on any atom is -0.383 e. The van der Waals surface area contributed by atoms with Crippen molar-refractivity contribution in [2.75, 3.05) is 19.6 Å². The lowest BCUT2D eigenvalue weighted by molar-refractivity contribution is 0.164. The zero-order valence-electron chi connectivity index (χ0n) is 9.68. The van der Waals surface area contributed by atoms with E-state index in [2.05, 4.69) is 5.32 Å². The lowest BCUT2D eigenvalue weighted by Crippen LogP contribution is -2.33. The topological polar surface area (TPSA) is 21.3 Å². The Kier molecular flexibility index (Phi) is 6.82. The van der Waals surface area contributed by atoms with E-state index < -0.39 is 0 Å². The highest BCUT2D eigenvalue weighted by Crippen LogP contribution is 2.17. The van der Waals surface area contributed by atoms with E-state index in [4.69, 9.17) is 27.9 Å². The van der Waals surface area contributed by atoms with Gasteiger partial charge in [-0.25, -0.2) is 4.39 Å². The van der Waals surface area contributed by atoms with Crippen molar-refractivity contribution in [2.45, 2.75) is 19.0 Å². The number of methoxy groups -OCH3 is 1. The van der Waals surface area contributed by atoms with E-state index in [9.17, 15) is 4.39 Å². The first kappa shape index (κ1) is 14.7. The van der Waals surface area contributed by atoms with Crippen molar-refractivity contribution < 1.29 is 9.13 Å². The Morgan fingerprint density at radius 2 is 2.24 bits per heavy atom. The van der Waals surface area contributed by atoms with Gasteiger partial charge in [-0.1, -0.05) is 17.7 Å². The maximum absolute atomic E-state index is 12.8. The van der Waals surface area contributed by atoms with Crippen molar-refractivity contribution in [3.8, 4) is 0 Å². The molecular formula is C12H16Cl2FNO. The Balaban J connectivity index is 2.52. The molecule has 0 radical (unpaired) electrons. The van der Waals surface area contributed by atoms with Gasteiger partial charge in [0.15, 0.2) is 0 Å². The minimum absolute atomic E-state index is 0.179. The molecule has 0 aliphatic heterocycles. The first-order valence-corrected chi connectivity index (χ1v) is 6.30. The zero-order chi connectivity index (χ0) is 12.7. The van der Waals surface area contributed by atoms with E-state index in [1.807, 2.05) is 0 Å². The average molecular weight is 280 g/mol. The van der Waals surface area contributed by atoms with Crippen molar-refractivity contribution in [1.82, 2.24) is 5.32 Å². The van der Waals surface area contributed by atoms with Gasteiger partial charge < -0.3 is 10.1 Å². The predicted molar refractivity (Wildman–Crippen MR) is 69.3 cm³/mol. The molecule has 96 valence electrons. The molecule has 0 heterocycles. The van der Waals surface area contributed by atoms with Crippen LogP contribution in [0.3, 0.4) is 0 Å². The summed E-state index contributed by atoms with van der Waals surface area (Å²) in [6.07, 6.45) is 0.814. The summed E-state index contributed by atoms with van der Waals surface area (Å²) in [5, 5.41) is 3.71. The van der Waals surface area contributed by atoms with Gasteiger partial charge in [0.25, 0.3) is 0 Å². The van der Waals surface area contributed by atoms with Crippen LogP contribution in [0.2, 0.25) is 5.02 Å². The van der Waals surface area contributed by atoms with Gasteiger partial charge in [0.05, 0.1) is 6.61 Å². The van der Waals surface area contributed by atoms with Crippen LogP contribution in [0.4, 0.5) is 4.39 Å². The van der Waals surface area contributed by atoms with Gasteiger partial charge in [0.1, 0.15) is 5.82 Å². The van der Waals surface area contributed by atoms with Gasteiger partial charge in [-0.3, -0.25) is 0 Å². The normalized spacial score (nSPS) is 12.7. The molecule has 1 rings (SSSR count). The van der Waals surface area contributed by atoms with E-state index in [0.717, 1.165) is 12.0 Å². The van der Waals surface area contributed by atoms with Crippen molar-refractivity contribution in [3.63, 3.8) is 0 Å². The molecule has 5 heteroatoms. The molecule has 1 unspecified atom stereocenters. The molecule has 0 amide bonds. The quantitative estimate of drug-likeness (QED) is 0.774. The molecule has 0 aliphatic carbocycles. The number of halogens is 3. The fraction of sp³-hybridized carbons (Fsp3) is 0.500. The Bertz CT molecular complexity index is 343. The highest BCUT2D eigenvalue weighted by atomic mass is 35.5. The minimum atomic E-state index is -0.326. The fourth-order valence-electron chi connectivity index (χ4n) is 1.50. The molecule has 17 heavy (non-hydrogen) atoms. The first-order chi connectivity index (χ1) is 8.17. The fourth-order valence-corrected chi connectivity index (χ4v) is 1.99. The van der Waals surface area contributed by atoms with Crippen molar-refractivity contribution in [3.05, 3.63) is 34.6 Å². The predicted octanol–water partition coefficient (Wildman–Crippen LogP) is 3.21. The summed E-state index contributed by atoms with van der Waals surface area (Å²) >= 11 is 11.6. The third-order valence-corrected chi connectivity index (χ3v) is 2.99. The molecule has 0 saturated heterocycles. The number of hydrogen-bond donors (Lipinski definition) is 1. The van der Waals surface area contributed by atoms with Crippen LogP contribution in [0.25, 0.3) is 0 Å². The second-order valence-electron chi connectivity index (χ2n) is 3.75. The summed E-state index contributed by atoms with van der Waals surface area (Å²) in [5.41, 5.74) is 0.865. The molecule has 0 spiro atoms. The largest absolute Gasteiger partial charge is 0.383 e. The molecule has 2 nitrogen and oxygen atoms in total. The van der Waals surface area contributed by atoms with Gasteiger partial charge in [-0.05, 0) is 24.1 Å². The van der Waals surface area contributed by atoms with Crippen molar-refractivity contribution in [2.24, 2.45) is 0 Å². The molecule has 1 atom stereocenters. The van der Waals surface area contributed by atoms with Gasteiger partial charge in [-0.2, -0.15) is 0 Å². The number of rotatable bonds is 7. The van der Waals surface area contributed by atoms with Gasteiger partial charge >= 0.3 is 0 Å². The Labute approximate surface area is 111 Å². The average Bonchev–Trinajstić information content (AvgIpc) is 2.28. The first-order valence-electron chi connectivity index (χ1n) is 5.39. The molecule has 1 N–H and O–H groups in total. The zero-order valence-corrected chi connectivity index (χ0v) is 11.2. The Hall–Kier alpha value is -0.350. The Morgan fingerprint density at radius 3 is 2.82 bits per heavy atom. The van der Waals surface area contributed by atoms with Gasteiger partial charge in [0, 0.05) is 30.6 Å². The SMILES string of the molecule is COCC(CCCl)NCc1ccc(F)cc1Cl.